The van der Waals surface area contributed by atoms with Crippen molar-refractivity contribution in [3.8, 4) is 5.75 Å². The van der Waals surface area contributed by atoms with Gasteiger partial charge in [-0.3, -0.25) is 0 Å². The highest BCUT2D eigenvalue weighted by molar-refractivity contribution is 6.31. The Morgan fingerprint density at radius 3 is 2.70 bits per heavy atom. The molecule has 0 atom stereocenters. The van der Waals surface area contributed by atoms with Crippen molar-refractivity contribution in [1.82, 2.24) is 9.88 Å². The number of halogens is 1. The van der Waals surface area contributed by atoms with Gasteiger partial charge >= 0.3 is 0 Å². The van der Waals surface area contributed by atoms with Crippen molar-refractivity contribution >= 4 is 39.1 Å². The minimum absolute atomic E-state index is 0.196. The van der Waals surface area contributed by atoms with Crippen molar-refractivity contribution in [2.45, 2.75) is 13.3 Å². The molecule has 5 nitrogen and oxygen atoms in total. The highest BCUT2D eigenvalue weighted by Gasteiger charge is 2.11. The smallest absolute Gasteiger partial charge is 0.119 e. The lowest BCUT2D eigenvalue weighted by atomic mass is 10.1. The number of rotatable bonds is 9. The number of fused-ring (bicyclic) bond motifs is 2. The van der Waals surface area contributed by atoms with Gasteiger partial charge in [0.1, 0.15) is 5.75 Å². The second kappa shape index (κ2) is 9.22. The van der Waals surface area contributed by atoms with Gasteiger partial charge in [0.15, 0.2) is 0 Å². The number of nitrogens with zero attached hydrogens (tertiary/aromatic N) is 2. The van der Waals surface area contributed by atoms with Crippen LogP contribution in [0, 0.1) is 0 Å². The lowest BCUT2D eigenvalue weighted by Crippen LogP contribution is -2.28. The number of ether oxygens (including phenoxy) is 1. The Balaban J connectivity index is 1.90. The Morgan fingerprint density at radius 2 is 1.96 bits per heavy atom. The van der Waals surface area contributed by atoms with E-state index in [1.807, 2.05) is 36.4 Å². The molecule has 0 aliphatic carbocycles. The molecule has 0 aliphatic rings. The molecule has 0 bridgehead atoms. The SMILES string of the molecule is CCN(CCO)CCCNc1c2ccc(Cl)cc2nc2ccc(OC)cc12. The molecule has 0 saturated heterocycles. The van der Waals surface area contributed by atoms with Crippen molar-refractivity contribution in [1.29, 1.82) is 0 Å². The molecule has 3 rings (SSSR count). The number of hydrogen-bond donors (Lipinski definition) is 2. The summed E-state index contributed by atoms with van der Waals surface area (Å²) in [6.07, 6.45) is 0.983. The maximum Gasteiger partial charge on any atom is 0.119 e. The Kier molecular flexibility index (Phi) is 6.72. The predicted octanol–water partition coefficient (Wildman–Crippen LogP) is 4.17. The number of likely N-dealkylation sites (N-methyl/N-ethyl adjacent to an activating group) is 1. The zero-order valence-electron chi connectivity index (χ0n) is 15.8. The van der Waals surface area contributed by atoms with E-state index in [9.17, 15) is 0 Å². The van der Waals surface area contributed by atoms with E-state index < -0.39 is 0 Å². The summed E-state index contributed by atoms with van der Waals surface area (Å²) in [5.74, 6) is 0.806. The number of anilines is 1. The van der Waals surface area contributed by atoms with Gasteiger partial charge in [0.2, 0.25) is 0 Å². The average Bonchev–Trinajstić information content (AvgIpc) is 2.68. The number of hydrogen-bond acceptors (Lipinski definition) is 5. The number of nitrogens with one attached hydrogen (secondary N) is 1. The van der Waals surface area contributed by atoms with Gasteiger partial charge < -0.3 is 20.1 Å². The van der Waals surface area contributed by atoms with Gasteiger partial charge in [0.25, 0.3) is 0 Å². The molecule has 1 heterocycles. The van der Waals surface area contributed by atoms with Crippen LogP contribution < -0.4 is 10.1 Å². The maximum atomic E-state index is 9.12. The maximum absolute atomic E-state index is 9.12. The second-order valence-electron chi connectivity index (χ2n) is 6.47. The van der Waals surface area contributed by atoms with Gasteiger partial charge in [-0.25, -0.2) is 4.98 Å². The zero-order chi connectivity index (χ0) is 19.2. The highest BCUT2D eigenvalue weighted by atomic mass is 35.5. The van der Waals surface area contributed by atoms with Crippen LogP contribution in [0.15, 0.2) is 36.4 Å². The fraction of sp³-hybridized carbons (Fsp3) is 0.381. The molecule has 27 heavy (non-hydrogen) atoms. The molecule has 2 aromatic carbocycles. The second-order valence-corrected chi connectivity index (χ2v) is 6.91. The van der Waals surface area contributed by atoms with Crippen LogP contribution >= 0.6 is 11.6 Å². The number of aromatic nitrogens is 1. The molecular weight excluding hydrogens is 362 g/mol. The summed E-state index contributed by atoms with van der Waals surface area (Å²) in [5.41, 5.74) is 2.83. The molecule has 144 valence electrons. The van der Waals surface area contributed by atoms with Crippen molar-refractivity contribution in [3.05, 3.63) is 41.4 Å². The molecule has 0 amide bonds. The van der Waals surface area contributed by atoms with Crippen LogP contribution in [0.3, 0.4) is 0 Å². The van der Waals surface area contributed by atoms with Crippen LogP contribution in [-0.2, 0) is 0 Å². The number of pyridine rings is 1. The summed E-state index contributed by atoms with van der Waals surface area (Å²) < 4.78 is 5.40. The van der Waals surface area contributed by atoms with E-state index in [2.05, 4.69) is 17.1 Å². The third-order valence-electron chi connectivity index (χ3n) is 4.76. The average molecular weight is 388 g/mol. The van der Waals surface area contributed by atoms with E-state index in [1.165, 1.54) is 0 Å². The standard InChI is InChI=1S/C21H26ClN3O2/c1-3-25(11-12-26)10-4-9-23-21-17-7-5-15(22)13-20(17)24-19-8-6-16(27-2)14-18(19)21/h5-8,13-14,26H,3-4,9-12H2,1-2H3,(H,23,24). The van der Waals surface area contributed by atoms with E-state index in [4.69, 9.17) is 26.4 Å². The molecular formula is C21H26ClN3O2. The van der Waals surface area contributed by atoms with E-state index in [1.54, 1.807) is 7.11 Å². The van der Waals surface area contributed by atoms with Crippen LogP contribution in [-0.4, -0.2) is 54.9 Å². The molecule has 0 fully saturated rings. The van der Waals surface area contributed by atoms with Gasteiger partial charge in [-0.2, -0.15) is 0 Å². The normalized spacial score (nSPS) is 11.4. The van der Waals surface area contributed by atoms with E-state index in [0.717, 1.165) is 59.3 Å². The molecule has 2 N–H and O–H groups in total. The first-order chi connectivity index (χ1) is 13.2. The van der Waals surface area contributed by atoms with E-state index >= 15 is 0 Å². The predicted molar refractivity (Wildman–Crippen MR) is 113 cm³/mol. The van der Waals surface area contributed by atoms with Gasteiger partial charge in [-0.15, -0.1) is 0 Å². The number of aliphatic hydroxyl groups excluding tert-OH is 1. The summed E-state index contributed by atoms with van der Waals surface area (Å²) in [5, 5.41) is 15.5. The van der Waals surface area contributed by atoms with Gasteiger partial charge in [0, 0.05) is 28.9 Å². The molecule has 0 spiro atoms. The third-order valence-corrected chi connectivity index (χ3v) is 4.99. The zero-order valence-corrected chi connectivity index (χ0v) is 16.6. The van der Waals surface area contributed by atoms with Crippen LogP contribution in [0.4, 0.5) is 5.69 Å². The Morgan fingerprint density at radius 1 is 1.11 bits per heavy atom. The first-order valence-corrected chi connectivity index (χ1v) is 9.68. The highest BCUT2D eigenvalue weighted by Crippen LogP contribution is 2.34. The quantitative estimate of drug-likeness (QED) is 0.426. The molecule has 3 aromatic rings. The van der Waals surface area contributed by atoms with Crippen molar-refractivity contribution < 1.29 is 9.84 Å². The summed E-state index contributed by atoms with van der Waals surface area (Å²) in [4.78, 5) is 7.00. The summed E-state index contributed by atoms with van der Waals surface area (Å²) in [6.45, 7) is 5.74. The third kappa shape index (κ3) is 4.61. The van der Waals surface area contributed by atoms with Crippen LogP contribution in [0.25, 0.3) is 21.8 Å². The first-order valence-electron chi connectivity index (χ1n) is 9.30. The lowest BCUT2D eigenvalue weighted by Gasteiger charge is -2.19. The van der Waals surface area contributed by atoms with Crippen LogP contribution in [0.5, 0.6) is 5.75 Å². The summed E-state index contributed by atoms with van der Waals surface area (Å²) in [7, 11) is 1.67. The van der Waals surface area contributed by atoms with E-state index in [0.29, 0.717) is 11.6 Å². The number of methoxy groups -OCH3 is 1. The molecule has 0 unspecified atom stereocenters. The van der Waals surface area contributed by atoms with Crippen molar-refractivity contribution in [3.63, 3.8) is 0 Å². The first kappa shape index (κ1) is 19.7. The topological polar surface area (TPSA) is 57.6 Å². The minimum Gasteiger partial charge on any atom is -0.497 e. The Labute approximate surface area is 164 Å². The molecule has 1 aromatic heterocycles. The molecule has 0 aliphatic heterocycles. The molecule has 0 saturated carbocycles. The van der Waals surface area contributed by atoms with Crippen LogP contribution in [0.2, 0.25) is 5.02 Å². The number of benzene rings is 2. The van der Waals surface area contributed by atoms with Gasteiger partial charge in [-0.05, 0) is 55.9 Å². The monoisotopic (exact) mass is 387 g/mol. The Bertz CT molecular complexity index is 917. The summed E-state index contributed by atoms with van der Waals surface area (Å²) in [6, 6.07) is 11.7. The number of aliphatic hydroxyl groups is 1. The Hall–Kier alpha value is -2.08. The van der Waals surface area contributed by atoms with Crippen molar-refractivity contribution in [2.75, 3.05) is 45.2 Å². The fourth-order valence-corrected chi connectivity index (χ4v) is 3.47. The van der Waals surface area contributed by atoms with E-state index in [-0.39, 0.29) is 6.61 Å². The minimum atomic E-state index is 0.196. The van der Waals surface area contributed by atoms with Gasteiger partial charge in [-0.1, -0.05) is 18.5 Å². The molecule has 6 heteroatoms. The van der Waals surface area contributed by atoms with Crippen molar-refractivity contribution in [2.24, 2.45) is 0 Å². The lowest BCUT2D eigenvalue weighted by molar-refractivity contribution is 0.202. The van der Waals surface area contributed by atoms with Crippen LogP contribution in [0.1, 0.15) is 13.3 Å². The van der Waals surface area contributed by atoms with Gasteiger partial charge in [0.05, 0.1) is 30.4 Å². The molecule has 0 radical (unpaired) electrons. The largest absolute Gasteiger partial charge is 0.497 e. The summed E-state index contributed by atoms with van der Waals surface area (Å²) >= 11 is 6.17. The fourth-order valence-electron chi connectivity index (χ4n) is 3.30.